The molecule has 0 amide bonds. The minimum atomic E-state index is -0.921. The van der Waals surface area contributed by atoms with Crippen LogP contribution in [-0.4, -0.2) is 22.6 Å². The lowest BCUT2D eigenvalue weighted by Crippen LogP contribution is -2.35. The summed E-state index contributed by atoms with van der Waals surface area (Å²) in [6.07, 6.45) is 1.13. The summed E-state index contributed by atoms with van der Waals surface area (Å²) in [4.78, 5) is 12.3. The molecule has 2 aliphatic rings. The Morgan fingerprint density at radius 1 is 1.44 bits per heavy atom. The number of carbonyl (C=O) groups excluding carboxylic acids is 1. The average Bonchev–Trinajstić information content (AvgIpc) is 2.44. The Kier molecular flexibility index (Phi) is 1.89. The highest BCUT2D eigenvalue weighted by molar-refractivity contribution is 6.01. The number of hydrogen-bond acceptors (Lipinski definition) is 3. The number of fused-ring (bicyclic) bond motifs is 3. The van der Waals surface area contributed by atoms with Crippen LogP contribution in [0.25, 0.3) is 0 Å². The summed E-state index contributed by atoms with van der Waals surface area (Å²) < 4.78 is 5.77. The Balaban J connectivity index is 2.11. The Labute approximate surface area is 94.0 Å². The van der Waals surface area contributed by atoms with E-state index in [-0.39, 0.29) is 17.8 Å². The molecular formula is C13H14O3. The average molecular weight is 218 g/mol. The maximum Gasteiger partial charge on any atom is 0.172 e. The van der Waals surface area contributed by atoms with Crippen molar-refractivity contribution in [3.8, 4) is 5.75 Å². The first kappa shape index (κ1) is 9.85. The molecule has 1 fully saturated rings. The zero-order valence-corrected chi connectivity index (χ0v) is 9.14. The second-order valence-corrected chi connectivity index (χ2v) is 4.95. The number of aliphatic hydroxyl groups is 1. The third-order valence-electron chi connectivity index (χ3n) is 3.65. The summed E-state index contributed by atoms with van der Waals surface area (Å²) in [5.41, 5.74) is -0.315. The molecule has 0 radical (unpaired) electrons. The first-order valence-corrected chi connectivity index (χ1v) is 5.60. The first-order valence-electron chi connectivity index (χ1n) is 5.60. The third-order valence-corrected chi connectivity index (χ3v) is 3.65. The van der Waals surface area contributed by atoms with E-state index in [4.69, 9.17) is 4.74 Å². The molecule has 16 heavy (non-hydrogen) atoms. The lowest BCUT2D eigenvalue weighted by atomic mass is 9.86. The molecule has 0 saturated heterocycles. The molecule has 1 heterocycles. The predicted octanol–water partition coefficient (Wildman–Crippen LogP) is 1.79. The fourth-order valence-corrected chi connectivity index (χ4v) is 2.82. The van der Waals surface area contributed by atoms with E-state index in [1.807, 2.05) is 18.2 Å². The molecule has 3 nitrogen and oxygen atoms in total. The zero-order chi connectivity index (χ0) is 11.3. The van der Waals surface area contributed by atoms with Crippen LogP contribution in [0.2, 0.25) is 0 Å². The number of rotatable bonds is 0. The van der Waals surface area contributed by atoms with E-state index < -0.39 is 5.60 Å². The number of benzene rings is 1. The lowest BCUT2D eigenvalue weighted by molar-refractivity contribution is 0.0160. The van der Waals surface area contributed by atoms with Crippen molar-refractivity contribution in [3.05, 3.63) is 29.8 Å². The monoisotopic (exact) mass is 218 g/mol. The fourth-order valence-electron chi connectivity index (χ4n) is 2.82. The van der Waals surface area contributed by atoms with E-state index >= 15 is 0 Å². The van der Waals surface area contributed by atoms with Crippen molar-refractivity contribution >= 4 is 5.78 Å². The van der Waals surface area contributed by atoms with E-state index in [0.29, 0.717) is 24.2 Å². The smallest absolute Gasteiger partial charge is 0.172 e. The summed E-state index contributed by atoms with van der Waals surface area (Å²) in [6, 6.07) is 7.29. The molecule has 1 aromatic rings. The molecule has 0 spiro atoms. The van der Waals surface area contributed by atoms with Gasteiger partial charge in [-0.25, -0.2) is 0 Å². The largest absolute Gasteiger partial charge is 0.490 e. The topological polar surface area (TPSA) is 46.5 Å². The SMILES string of the molecule is C[C@]1(O)C[C@H]2C[C@@H]1C(=O)c1ccccc1O2. The first-order chi connectivity index (χ1) is 7.58. The zero-order valence-electron chi connectivity index (χ0n) is 9.14. The quantitative estimate of drug-likeness (QED) is 0.722. The second-order valence-electron chi connectivity index (χ2n) is 4.95. The van der Waals surface area contributed by atoms with Gasteiger partial charge in [-0.15, -0.1) is 0 Å². The highest BCUT2D eigenvalue weighted by atomic mass is 16.5. The molecule has 0 unspecified atom stereocenters. The molecule has 1 aliphatic heterocycles. The van der Waals surface area contributed by atoms with Gasteiger partial charge in [0.15, 0.2) is 5.78 Å². The molecule has 3 atom stereocenters. The highest BCUT2D eigenvalue weighted by Gasteiger charge is 2.49. The van der Waals surface area contributed by atoms with Gasteiger partial charge in [0.1, 0.15) is 11.9 Å². The van der Waals surface area contributed by atoms with Gasteiger partial charge in [0.05, 0.1) is 17.1 Å². The van der Waals surface area contributed by atoms with Crippen LogP contribution in [0.1, 0.15) is 30.1 Å². The van der Waals surface area contributed by atoms with E-state index in [1.54, 1.807) is 13.0 Å². The molecule has 3 rings (SSSR count). The van der Waals surface area contributed by atoms with Gasteiger partial charge in [-0.05, 0) is 25.5 Å². The van der Waals surface area contributed by atoms with Crippen LogP contribution < -0.4 is 4.74 Å². The Hall–Kier alpha value is -1.35. The molecule has 3 heteroatoms. The summed E-state index contributed by atoms with van der Waals surface area (Å²) >= 11 is 0. The number of ether oxygens (including phenoxy) is 1. The molecule has 84 valence electrons. The third kappa shape index (κ3) is 1.28. The lowest BCUT2D eigenvalue weighted by Gasteiger charge is -2.26. The molecule has 2 bridgehead atoms. The van der Waals surface area contributed by atoms with Crippen molar-refractivity contribution in [1.82, 2.24) is 0 Å². The maximum absolute atomic E-state index is 12.3. The molecular weight excluding hydrogens is 204 g/mol. The van der Waals surface area contributed by atoms with E-state index in [9.17, 15) is 9.90 Å². The van der Waals surface area contributed by atoms with Crippen molar-refractivity contribution in [1.29, 1.82) is 0 Å². The van der Waals surface area contributed by atoms with Crippen LogP contribution in [0.4, 0.5) is 0 Å². The van der Waals surface area contributed by atoms with Gasteiger partial charge >= 0.3 is 0 Å². The standard InChI is InChI=1S/C13H14O3/c1-13(15)7-8-6-10(13)12(14)9-4-2-3-5-11(9)16-8/h2-5,8,10,15H,6-7H2,1H3/t8-,10-,13+/m1/s1. The molecule has 1 aromatic carbocycles. The van der Waals surface area contributed by atoms with Gasteiger partial charge in [0.25, 0.3) is 0 Å². The number of Topliss-reactive ketones (excluding diaryl/α,β-unsaturated/α-hetero) is 1. The van der Waals surface area contributed by atoms with Crippen molar-refractivity contribution in [2.24, 2.45) is 5.92 Å². The molecule has 0 aromatic heterocycles. The summed E-state index contributed by atoms with van der Waals surface area (Å²) in [5, 5.41) is 10.2. The Morgan fingerprint density at radius 2 is 2.19 bits per heavy atom. The van der Waals surface area contributed by atoms with E-state index in [2.05, 4.69) is 0 Å². The summed E-state index contributed by atoms with van der Waals surface area (Å²) in [6.45, 7) is 1.73. The number of ketones is 1. The van der Waals surface area contributed by atoms with Gasteiger partial charge in [-0.1, -0.05) is 12.1 Å². The van der Waals surface area contributed by atoms with Gasteiger partial charge in [-0.3, -0.25) is 4.79 Å². The van der Waals surface area contributed by atoms with Crippen LogP contribution in [-0.2, 0) is 0 Å². The van der Waals surface area contributed by atoms with Crippen LogP contribution in [0.15, 0.2) is 24.3 Å². The fraction of sp³-hybridized carbons (Fsp3) is 0.462. The normalized spacial score (nSPS) is 36.5. The number of para-hydroxylation sites is 1. The van der Waals surface area contributed by atoms with Gasteiger partial charge < -0.3 is 9.84 Å². The van der Waals surface area contributed by atoms with E-state index in [1.165, 1.54) is 0 Å². The Morgan fingerprint density at radius 3 is 3.00 bits per heavy atom. The molecule has 1 aliphatic carbocycles. The van der Waals surface area contributed by atoms with Gasteiger partial charge in [0, 0.05) is 6.42 Å². The minimum Gasteiger partial charge on any atom is -0.490 e. The van der Waals surface area contributed by atoms with Crippen molar-refractivity contribution in [2.75, 3.05) is 0 Å². The van der Waals surface area contributed by atoms with Gasteiger partial charge in [-0.2, -0.15) is 0 Å². The molecule has 1 N–H and O–H groups in total. The Bertz CT molecular complexity index is 450. The van der Waals surface area contributed by atoms with Crippen molar-refractivity contribution in [2.45, 2.75) is 31.5 Å². The summed E-state index contributed by atoms with van der Waals surface area (Å²) in [5.74, 6) is 0.359. The minimum absolute atomic E-state index is 0.0144. The van der Waals surface area contributed by atoms with Crippen molar-refractivity contribution < 1.29 is 14.6 Å². The van der Waals surface area contributed by atoms with Crippen molar-refractivity contribution in [3.63, 3.8) is 0 Å². The van der Waals surface area contributed by atoms with Gasteiger partial charge in [0.2, 0.25) is 0 Å². The van der Waals surface area contributed by atoms with Crippen LogP contribution in [0.5, 0.6) is 5.75 Å². The van der Waals surface area contributed by atoms with Crippen LogP contribution in [0.3, 0.4) is 0 Å². The maximum atomic E-state index is 12.3. The predicted molar refractivity (Wildman–Crippen MR) is 58.5 cm³/mol. The van der Waals surface area contributed by atoms with Crippen LogP contribution in [0, 0.1) is 5.92 Å². The number of hydrogen-bond donors (Lipinski definition) is 1. The second kappa shape index (κ2) is 3.08. The summed E-state index contributed by atoms with van der Waals surface area (Å²) in [7, 11) is 0. The number of carbonyl (C=O) groups is 1. The van der Waals surface area contributed by atoms with E-state index in [0.717, 1.165) is 0 Å². The highest BCUT2D eigenvalue weighted by Crippen LogP contribution is 2.43. The molecule has 1 saturated carbocycles. The van der Waals surface area contributed by atoms with Crippen LogP contribution >= 0.6 is 0 Å².